The Kier molecular flexibility index (Phi) is 4.07. The van der Waals surface area contributed by atoms with E-state index in [1.165, 1.54) is 6.21 Å². The lowest BCUT2D eigenvalue weighted by molar-refractivity contribution is 0.0303. The number of furan rings is 1. The van der Waals surface area contributed by atoms with Crippen LogP contribution in [-0.2, 0) is 4.74 Å². The molecule has 1 N–H and O–H groups in total. The van der Waals surface area contributed by atoms with Crippen molar-refractivity contribution in [2.45, 2.75) is 0 Å². The molecule has 2 aromatic carbocycles. The number of nitrogens with one attached hydrogen (secondary N) is 1. The molecule has 0 radical (unpaired) electrons. The first-order valence-electron chi connectivity index (χ1n) is 8.27. The molecule has 1 saturated heterocycles. The van der Waals surface area contributed by atoms with Gasteiger partial charge in [0.05, 0.1) is 19.4 Å². The molecule has 25 heavy (non-hydrogen) atoms. The number of nitrogens with zero attached hydrogens (tertiary/aromatic N) is 1. The monoisotopic (exact) mass is 334 g/mol. The number of hydrogen-bond acceptors (Lipinski definition) is 4. The highest BCUT2D eigenvalue weighted by Gasteiger charge is 2.18. The SMILES string of the molecule is N=Cc1cc2cccc(-c3ccc(C(=O)N4CCOCC4)cc3)c2o1. The van der Waals surface area contributed by atoms with E-state index >= 15 is 0 Å². The molecule has 1 aliphatic heterocycles. The van der Waals surface area contributed by atoms with Gasteiger partial charge in [0.1, 0.15) is 11.3 Å². The van der Waals surface area contributed by atoms with Gasteiger partial charge >= 0.3 is 0 Å². The molecule has 2 heterocycles. The summed E-state index contributed by atoms with van der Waals surface area (Å²) >= 11 is 0. The number of fused-ring (bicyclic) bond motifs is 1. The Morgan fingerprint density at radius 1 is 1.08 bits per heavy atom. The Morgan fingerprint density at radius 2 is 1.84 bits per heavy atom. The number of ether oxygens (including phenoxy) is 1. The normalized spacial score (nSPS) is 14.6. The van der Waals surface area contributed by atoms with Gasteiger partial charge in [-0.1, -0.05) is 30.3 Å². The van der Waals surface area contributed by atoms with Crippen LogP contribution in [0, 0.1) is 5.41 Å². The van der Waals surface area contributed by atoms with Crippen molar-refractivity contribution in [2.24, 2.45) is 0 Å². The minimum absolute atomic E-state index is 0.0390. The Balaban J connectivity index is 1.65. The molecular weight excluding hydrogens is 316 g/mol. The third-order valence-electron chi connectivity index (χ3n) is 4.45. The van der Waals surface area contributed by atoms with E-state index in [1.807, 2.05) is 53.4 Å². The summed E-state index contributed by atoms with van der Waals surface area (Å²) in [6, 6.07) is 15.4. The van der Waals surface area contributed by atoms with Gasteiger partial charge in [0.25, 0.3) is 5.91 Å². The summed E-state index contributed by atoms with van der Waals surface area (Å²) in [6.45, 7) is 2.47. The highest BCUT2D eigenvalue weighted by atomic mass is 16.5. The van der Waals surface area contributed by atoms with Gasteiger partial charge in [-0.3, -0.25) is 4.79 Å². The summed E-state index contributed by atoms with van der Waals surface area (Å²) in [5, 5.41) is 8.32. The fourth-order valence-corrected chi connectivity index (χ4v) is 3.12. The van der Waals surface area contributed by atoms with E-state index < -0.39 is 0 Å². The number of para-hydroxylation sites is 1. The fourth-order valence-electron chi connectivity index (χ4n) is 3.12. The highest BCUT2D eigenvalue weighted by Crippen LogP contribution is 2.30. The van der Waals surface area contributed by atoms with Crippen LogP contribution in [0.15, 0.2) is 52.9 Å². The third-order valence-corrected chi connectivity index (χ3v) is 4.45. The first-order chi connectivity index (χ1) is 12.3. The minimum Gasteiger partial charge on any atom is -0.454 e. The summed E-state index contributed by atoms with van der Waals surface area (Å²) in [7, 11) is 0. The van der Waals surface area contributed by atoms with E-state index in [-0.39, 0.29) is 5.91 Å². The lowest BCUT2D eigenvalue weighted by Crippen LogP contribution is -2.40. The van der Waals surface area contributed by atoms with E-state index in [1.54, 1.807) is 0 Å². The van der Waals surface area contributed by atoms with Gasteiger partial charge < -0.3 is 19.5 Å². The van der Waals surface area contributed by atoms with Gasteiger partial charge in [0.2, 0.25) is 0 Å². The Hall–Kier alpha value is -2.92. The van der Waals surface area contributed by atoms with Gasteiger partial charge in [-0.25, -0.2) is 0 Å². The number of carbonyl (C=O) groups is 1. The summed E-state index contributed by atoms with van der Waals surface area (Å²) in [5.41, 5.74) is 3.37. The number of rotatable bonds is 3. The van der Waals surface area contributed by atoms with Crippen molar-refractivity contribution in [1.82, 2.24) is 4.90 Å². The predicted molar refractivity (Wildman–Crippen MR) is 96.3 cm³/mol. The third kappa shape index (κ3) is 2.94. The van der Waals surface area contributed by atoms with Crippen LogP contribution in [0.2, 0.25) is 0 Å². The second kappa shape index (κ2) is 6.53. The number of hydrogen-bond donors (Lipinski definition) is 1. The molecule has 0 aliphatic carbocycles. The average Bonchev–Trinajstić information content (AvgIpc) is 3.12. The van der Waals surface area contributed by atoms with Crippen LogP contribution >= 0.6 is 0 Å². The molecule has 5 heteroatoms. The summed E-state index contributed by atoms with van der Waals surface area (Å²) in [4.78, 5) is 14.4. The molecule has 5 nitrogen and oxygen atoms in total. The van der Waals surface area contributed by atoms with Crippen molar-refractivity contribution in [2.75, 3.05) is 26.3 Å². The number of amides is 1. The van der Waals surface area contributed by atoms with E-state index in [2.05, 4.69) is 0 Å². The zero-order valence-electron chi connectivity index (χ0n) is 13.7. The van der Waals surface area contributed by atoms with Crippen molar-refractivity contribution in [3.8, 4) is 11.1 Å². The van der Waals surface area contributed by atoms with Gasteiger partial charge in [0.15, 0.2) is 0 Å². The molecule has 0 atom stereocenters. The van der Waals surface area contributed by atoms with Crippen LogP contribution in [0.25, 0.3) is 22.1 Å². The molecule has 0 spiro atoms. The van der Waals surface area contributed by atoms with Gasteiger partial charge in [0, 0.05) is 29.6 Å². The molecule has 1 amide bonds. The molecule has 3 aromatic rings. The predicted octanol–water partition coefficient (Wildman–Crippen LogP) is 3.57. The van der Waals surface area contributed by atoms with Crippen molar-refractivity contribution in [3.63, 3.8) is 0 Å². The van der Waals surface area contributed by atoms with E-state index in [0.717, 1.165) is 22.1 Å². The molecule has 4 rings (SSSR count). The van der Waals surface area contributed by atoms with Crippen LogP contribution in [0.4, 0.5) is 0 Å². The van der Waals surface area contributed by atoms with Crippen LogP contribution in [0.1, 0.15) is 16.1 Å². The molecule has 126 valence electrons. The average molecular weight is 334 g/mol. The maximum atomic E-state index is 12.5. The second-order valence-electron chi connectivity index (χ2n) is 6.00. The van der Waals surface area contributed by atoms with Crippen molar-refractivity contribution < 1.29 is 13.9 Å². The Morgan fingerprint density at radius 3 is 2.56 bits per heavy atom. The zero-order chi connectivity index (χ0) is 17.2. The summed E-state index contributed by atoms with van der Waals surface area (Å²) in [6.07, 6.45) is 1.20. The summed E-state index contributed by atoms with van der Waals surface area (Å²) in [5.74, 6) is 0.568. The topological polar surface area (TPSA) is 66.5 Å². The van der Waals surface area contributed by atoms with E-state index in [0.29, 0.717) is 37.6 Å². The largest absolute Gasteiger partial charge is 0.454 e. The standard InChI is InChI=1S/C20H18N2O3/c21-13-17-12-16-2-1-3-18(19(16)25-17)14-4-6-15(7-5-14)20(23)22-8-10-24-11-9-22/h1-7,12-13,21H,8-11H2. The fraction of sp³-hybridized carbons (Fsp3) is 0.200. The first kappa shape index (κ1) is 15.6. The van der Waals surface area contributed by atoms with Crippen molar-refractivity contribution in [1.29, 1.82) is 5.41 Å². The number of morpholine rings is 1. The molecule has 1 aromatic heterocycles. The van der Waals surface area contributed by atoms with Crippen LogP contribution in [0.3, 0.4) is 0 Å². The Bertz CT molecular complexity index is 922. The molecule has 0 unspecified atom stereocenters. The molecular formula is C20H18N2O3. The second-order valence-corrected chi connectivity index (χ2v) is 6.00. The Labute approximate surface area is 145 Å². The van der Waals surface area contributed by atoms with E-state index in [4.69, 9.17) is 14.6 Å². The zero-order valence-corrected chi connectivity index (χ0v) is 13.7. The first-order valence-corrected chi connectivity index (χ1v) is 8.27. The van der Waals surface area contributed by atoms with Crippen LogP contribution < -0.4 is 0 Å². The lowest BCUT2D eigenvalue weighted by Gasteiger charge is -2.26. The van der Waals surface area contributed by atoms with Gasteiger partial charge in [-0.05, 0) is 23.8 Å². The number of carbonyl (C=O) groups excluding carboxylic acids is 1. The quantitative estimate of drug-likeness (QED) is 0.745. The van der Waals surface area contributed by atoms with Crippen molar-refractivity contribution >= 4 is 23.1 Å². The van der Waals surface area contributed by atoms with Gasteiger partial charge in [-0.15, -0.1) is 0 Å². The minimum atomic E-state index is 0.0390. The van der Waals surface area contributed by atoms with Gasteiger partial charge in [-0.2, -0.15) is 0 Å². The maximum Gasteiger partial charge on any atom is 0.254 e. The van der Waals surface area contributed by atoms with E-state index in [9.17, 15) is 4.79 Å². The molecule has 1 aliphatic rings. The summed E-state index contributed by atoms with van der Waals surface area (Å²) < 4.78 is 11.0. The maximum absolute atomic E-state index is 12.5. The van der Waals surface area contributed by atoms with Crippen LogP contribution in [-0.4, -0.2) is 43.3 Å². The molecule has 0 bridgehead atoms. The van der Waals surface area contributed by atoms with Crippen LogP contribution in [0.5, 0.6) is 0 Å². The smallest absolute Gasteiger partial charge is 0.254 e. The molecule has 0 saturated carbocycles. The van der Waals surface area contributed by atoms with Crippen molar-refractivity contribution in [3.05, 3.63) is 59.9 Å². The lowest BCUT2D eigenvalue weighted by atomic mass is 10.0. The number of benzene rings is 2. The highest BCUT2D eigenvalue weighted by molar-refractivity contribution is 5.97. The molecule has 1 fully saturated rings.